The second-order valence-corrected chi connectivity index (χ2v) is 3.50. The summed E-state index contributed by atoms with van der Waals surface area (Å²) in [6.07, 6.45) is 6.53. The van der Waals surface area contributed by atoms with Gasteiger partial charge >= 0.3 is 0 Å². The lowest BCUT2D eigenvalue weighted by Crippen LogP contribution is -2.45. The number of hydrogen-bond acceptors (Lipinski definition) is 2. The summed E-state index contributed by atoms with van der Waals surface area (Å²) >= 11 is 0. The maximum absolute atomic E-state index is 11.5. The van der Waals surface area contributed by atoms with Gasteiger partial charge in [-0.1, -0.05) is 13.0 Å². The number of halogens is 1. The van der Waals surface area contributed by atoms with E-state index in [0.717, 1.165) is 25.8 Å². The van der Waals surface area contributed by atoms with Crippen LogP contribution in [-0.2, 0) is 4.79 Å². The molecule has 1 atom stereocenters. The van der Waals surface area contributed by atoms with Gasteiger partial charge in [-0.25, -0.2) is 0 Å². The van der Waals surface area contributed by atoms with Crippen LogP contribution in [0.1, 0.15) is 26.2 Å². The van der Waals surface area contributed by atoms with Crippen LogP contribution >= 0.6 is 12.4 Å². The van der Waals surface area contributed by atoms with Gasteiger partial charge in [0.1, 0.15) is 0 Å². The molecule has 1 fully saturated rings. The lowest BCUT2D eigenvalue weighted by atomic mass is 10.1. The van der Waals surface area contributed by atoms with Gasteiger partial charge in [0.05, 0.1) is 0 Å². The maximum Gasteiger partial charge on any atom is 0.246 e. The molecule has 0 aromatic rings. The Morgan fingerprint density at radius 3 is 2.93 bits per heavy atom. The molecule has 4 heteroatoms. The quantitative estimate of drug-likeness (QED) is 0.711. The van der Waals surface area contributed by atoms with Crippen molar-refractivity contribution in [1.29, 1.82) is 0 Å². The summed E-state index contributed by atoms with van der Waals surface area (Å²) in [5.41, 5.74) is 5.77. The first-order chi connectivity index (χ1) is 6.24. The van der Waals surface area contributed by atoms with Crippen molar-refractivity contribution in [2.45, 2.75) is 32.2 Å². The van der Waals surface area contributed by atoms with E-state index >= 15 is 0 Å². The van der Waals surface area contributed by atoms with Crippen molar-refractivity contribution in [2.24, 2.45) is 5.73 Å². The second-order valence-electron chi connectivity index (χ2n) is 3.50. The average molecular weight is 219 g/mol. The van der Waals surface area contributed by atoms with Crippen LogP contribution in [0.5, 0.6) is 0 Å². The van der Waals surface area contributed by atoms with E-state index < -0.39 is 0 Å². The summed E-state index contributed by atoms with van der Waals surface area (Å²) in [6, 6.07) is 0.174. The molecule has 82 valence electrons. The first-order valence-corrected chi connectivity index (χ1v) is 4.95. The fourth-order valence-electron chi connectivity index (χ4n) is 1.53. The molecule has 0 spiro atoms. The first kappa shape index (κ1) is 13.5. The molecule has 1 saturated heterocycles. The van der Waals surface area contributed by atoms with Crippen LogP contribution in [0.4, 0.5) is 0 Å². The van der Waals surface area contributed by atoms with Gasteiger partial charge in [-0.05, 0) is 25.3 Å². The number of rotatable bonds is 2. The summed E-state index contributed by atoms with van der Waals surface area (Å²) in [4.78, 5) is 13.3. The van der Waals surface area contributed by atoms with Crippen LogP contribution in [0, 0.1) is 0 Å². The molecule has 0 bridgehead atoms. The molecule has 0 aromatic heterocycles. The van der Waals surface area contributed by atoms with Gasteiger partial charge in [0.25, 0.3) is 0 Å². The number of likely N-dealkylation sites (tertiary alicyclic amines) is 1. The lowest BCUT2D eigenvalue weighted by molar-refractivity contribution is -0.127. The maximum atomic E-state index is 11.5. The average Bonchev–Trinajstić information content (AvgIpc) is 2.14. The highest BCUT2D eigenvalue weighted by molar-refractivity contribution is 5.87. The van der Waals surface area contributed by atoms with E-state index in [2.05, 4.69) is 0 Å². The molecule has 0 saturated carbocycles. The highest BCUT2D eigenvalue weighted by Gasteiger charge is 2.18. The van der Waals surface area contributed by atoms with Crippen molar-refractivity contribution in [3.05, 3.63) is 12.2 Å². The number of piperidine rings is 1. The molecular formula is C10H19ClN2O. The number of carbonyl (C=O) groups excluding carboxylic acids is 1. The third-order valence-corrected chi connectivity index (χ3v) is 2.27. The zero-order chi connectivity index (χ0) is 9.68. The third-order valence-electron chi connectivity index (χ3n) is 2.27. The minimum absolute atomic E-state index is 0. The summed E-state index contributed by atoms with van der Waals surface area (Å²) < 4.78 is 0. The Kier molecular flexibility index (Phi) is 6.58. The lowest BCUT2D eigenvalue weighted by Gasteiger charge is -2.29. The SMILES string of the molecule is CC/C=C/C(=O)N1CCC[C@@H](N)C1.Cl. The van der Waals surface area contributed by atoms with Crippen LogP contribution in [0.2, 0.25) is 0 Å². The number of carbonyl (C=O) groups is 1. The van der Waals surface area contributed by atoms with Crippen LogP contribution in [-0.4, -0.2) is 29.9 Å². The Bertz CT molecular complexity index is 206. The molecule has 0 aromatic carbocycles. The number of nitrogens with two attached hydrogens (primary N) is 1. The van der Waals surface area contributed by atoms with E-state index in [9.17, 15) is 4.79 Å². The van der Waals surface area contributed by atoms with Crippen LogP contribution in [0.3, 0.4) is 0 Å². The summed E-state index contributed by atoms with van der Waals surface area (Å²) in [5, 5.41) is 0. The van der Waals surface area contributed by atoms with E-state index in [1.165, 1.54) is 0 Å². The highest BCUT2D eigenvalue weighted by atomic mass is 35.5. The Balaban J connectivity index is 0.00000169. The van der Waals surface area contributed by atoms with E-state index in [-0.39, 0.29) is 24.4 Å². The van der Waals surface area contributed by atoms with Crippen molar-refractivity contribution >= 4 is 18.3 Å². The molecule has 1 heterocycles. The van der Waals surface area contributed by atoms with Gasteiger partial charge in [-0.3, -0.25) is 4.79 Å². The van der Waals surface area contributed by atoms with Crippen LogP contribution < -0.4 is 5.73 Å². The fourth-order valence-corrected chi connectivity index (χ4v) is 1.53. The molecule has 1 aliphatic rings. The number of hydrogen-bond donors (Lipinski definition) is 1. The van der Waals surface area contributed by atoms with Gasteiger partial charge in [0, 0.05) is 19.1 Å². The van der Waals surface area contributed by atoms with Gasteiger partial charge < -0.3 is 10.6 Å². The standard InChI is InChI=1S/C10H18N2O.ClH/c1-2-3-6-10(13)12-7-4-5-9(11)8-12;/h3,6,9H,2,4-5,7-8,11H2,1H3;1H/b6-3+;/t9-;/m1./s1. The molecule has 14 heavy (non-hydrogen) atoms. The molecule has 1 rings (SSSR count). The summed E-state index contributed by atoms with van der Waals surface area (Å²) in [6.45, 7) is 3.60. The smallest absolute Gasteiger partial charge is 0.246 e. The molecule has 1 amide bonds. The van der Waals surface area contributed by atoms with E-state index in [1.807, 2.05) is 17.9 Å². The molecule has 2 N–H and O–H groups in total. The zero-order valence-electron chi connectivity index (χ0n) is 8.61. The Hall–Kier alpha value is -0.540. The van der Waals surface area contributed by atoms with Crippen molar-refractivity contribution in [3.63, 3.8) is 0 Å². The van der Waals surface area contributed by atoms with Gasteiger partial charge in [-0.15, -0.1) is 12.4 Å². The molecule has 0 radical (unpaired) electrons. The number of nitrogens with zero attached hydrogens (tertiary/aromatic N) is 1. The summed E-state index contributed by atoms with van der Waals surface area (Å²) in [7, 11) is 0. The van der Waals surface area contributed by atoms with Crippen molar-refractivity contribution < 1.29 is 4.79 Å². The predicted molar refractivity (Wildman–Crippen MR) is 60.5 cm³/mol. The molecule has 1 aliphatic heterocycles. The van der Waals surface area contributed by atoms with E-state index in [0.29, 0.717) is 6.54 Å². The van der Waals surface area contributed by atoms with Gasteiger partial charge in [0.2, 0.25) is 5.91 Å². The zero-order valence-corrected chi connectivity index (χ0v) is 9.43. The Labute approximate surface area is 91.7 Å². The van der Waals surface area contributed by atoms with Crippen molar-refractivity contribution in [2.75, 3.05) is 13.1 Å². The highest BCUT2D eigenvalue weighted by Crippen LogP contribution is 2.08. The van der Waals surface area contributed by atoms with Crippen molar-refractivity contribution in [1.82, 2.24) is 4.90 Å². The third kappa shape index (κ3) is 4.11. The topological polar surface area (TPSA) is 46.3 Å². The molecule has 3 nitrogen and oxygen atoms in total. The normalized spacial score (nSPS) is 22.1. The van der Waals surface area contributed by atoms with Gasteiger partial charge in [-0.2, -0.15) is 0 Å². The number of allylic oxidation sites excluding steroid dienone is 1. The van der Waals surface area contributed by atoms with Gasteiger partial charge in [0.15, 0.2) is 0 Å². The Morgan fingerprint density at radius 1 is 1.64 bits per heavy atom. The summed E-state index contributed by atoms with van der Waals surface area (Å²) in [5.74, 6) is 0.108. The fraction of sp³-hybridized carbons (Fsp3) is 0.700. The second kappa shape index (κ2) is 6.85. The molecule has 0 aliphatic carbocycles. The van der Waals surface area contributed by atoms with E-state index in [4.69, 9.17) is 5.73 Å². The molecular weight excluding hydrogens is 200 g/mol. The minimum atomic E-state index is 0. The first-order valence-electron chi connectivity index (χ1n) is 4.95. The Morgan fingerprint density at radius 2 is 2.36 bits per heavy atom. The largest absolute Gasteiger partial charge is 0.338 e. The number of amides is 1. The van der Waals surface area contributed by atoms with E-state index in [1.54, 1.807) is 6.08 Å². The van der Waals surface area contributed by atoms with Crippen molar-refractivity contribution in [3.8, 4) is 0 Å². The van der Waals surface area contributed by atoms with Crippen LogP contribution in [0.15, 0.2) is 12.2 Å². The molecule has 0 unspecified atom stereocenters. The minimum Gasteiger partial charge on any atom is -0.338 e. The van der Waals surface area contributed by atoms with Crippen LogP contribution in [0.25, 0.3) is 0 Å². The predicted octanol–water partition coefficient (Wildman–Crippen LogP) is 1.32. The monoisotopic (exact) mass is 218 g/mol.